The molecule has 0 saturated carbocycles. The van der Waals surface area contributed by atoms with Crippen molar-refractivity contribution in [3.63, 3.8) is 0 Å². The van der Waals surface area contributed by atoms with E-state index in [1.165, 1.54) is 7.11 Å². The number of nitrogens with one attached hydrogen (secondary N) is 3. The van der Waals surface area contributed by atoms with Crippen LogP contribution in [0.5, 0.6) is 0 Å². The van der Waals surface area contributed by atoms with Crippen LogP contribution in [0.1, 0.15) is 25.7 Å². The van der Waals surface area contributed by atoms with Crippen LogP contribution in [0.3, 0.4) is 0 Å². The summed E-state index contributed by atoms with van der Waals surface area (Å²) in [7, 11) is 1.39. The lowest BCUT2D eigenvalue weighted by Crippen LogP contribution is -2.54. The fourth-order valence-electron chi connectivity index (χ4n) is 3.72. The molecule has 124 valence electrons. The number of fused-ring (bicyclic) bond motifs is 1. The molecule has 0 aromatic heterocycles. The lowest BCUT2D eigenvalue weighted by molar-refractivity contribution is -0.137. The Morgan fingerprint density at radius 1 is 1.41 bits per heavy atom. The van der Waals surface area contributed by atoms with Gasteiger partial charge in [-0.1, -0.05) is 12.2 Å². The highest BCUT2D eigenvalue weighted by atomic mass is 16.6. The van der Waals surface area contributed by atoms with Gasteiger partial charge in [-0.25, -0.2) is 0 Å². The molecule has 7 nitrogen and oxygen atoms in total. The molecule has 3 aliphatic rings. The maximum atomic E-state index is 12.4. The first-order chi connectivity index (χ1) is 10.7. The summed E-state index contributed by atoms with van der Waals surface area (Å²) in [4.78, 5) is 14.3. The standard InChI is InChI=1S/C15H26N4O3/c1-22-15(21)16-9-13(20)19-8-4-7-12(19)14-17-10-5-2-3-6-11(10)18-14/h2-3,10-12,14-18,21H,4-9H2,1H3/t10-,11+,12-,14-,15-/m0/s1. The molecule has 0 spiro atoms. The molecule has 4 N–H and O–H groups in total. The molecule has 0 bridgehead atoms. The molecular formula is C15H26N4O3. The van der Waals surface area contributed by atoms with Crippen LogP contribution < -0.4 is 16.0 Å². The van der Waals surface area contributed by atoms with E-state index in [0.717, 1.165) is 32.2 Å². The highest BCUT2D eigenvalue weighted by Crippen LogP contribution is 2.25. The second-order valence-electron chi connectivity index (χ2n) is 6.23. The zero-order valence-corrected chi connectivity index (χ0v) is 13.0. The van der Waals surface area contributed by atoms with Gasteiger partial charge in [-0.3, -0.25) is 20.7 Å². The Morgan fingerprint density at radius 2 is 2.09 bits per heavy atom. The number of ether oxygens (including phenoxy) is 1. The SMILES string of the molecule is CO[C@H](O)NCC(=O)N1CCC[C@H]1[C@H]1N[C@H]2CC=CC[C@H]2N1. The smallest absolute Gasteiger partial charge is 0.237 e. The Kier molecular flexibility index (Phi) is 5.10. The predicted octanol–water partition coefficient (Wildman–Crippen LogP) is -0.905. The Hall–Kier alpha value is -0.990. The summed E-state index contributed by atoms with van der Waals surface area (Å²) in [5.74, 6) is 0.00944. The van der Waals surface area contributed by atoms with E-state index in [0.29, 0.717) is 12.1 Å². The topological polar surface area (TPSA) is 85.9 Å². The highest BCUT2D eigenvalue weighted by Gasteiger charge is 2.41. The van der Waals surface area contributed by atoms with Crippen molar-refractivity contribution in [3.05, 3.63) is 12.2 Å². The van der Waals surface area contributed by atoms with E-state index >= 15 is 0 Å². The fraction of sp³-hybridized carbons (Fsp3) is 0.800. The van der Waals surface area contributed by atoms with Crippen LogP contribution in [0.15, 0.2) is 12.2 Å². The van der Waals surface area contributed by atoms with Gasteiger partial charge in [-0.05, 0) is 25.7 Å². The molecule has 3 rings (SSSR count). The first kappa shape index (κ1) is 15.9. The highest BCUT2D eigenvalue weighted by molar-refractivity contribution is 5.79. The minimum atomic E-state index is -1.10. The number of aliphatic hydroxyl groups excluding tert-OH is 1. The normalized spacial score (nSPS) is 35.6. The van der Waals surface area contributed by atoms with Crippen molar-refractivity contribution >= 4 is 5.91 Å². The van der Waals surface area contributed by atoms with Gasteiger partial charge in [0.05, 0.1) is 18.8 Å². The number of hydrogen-bond acceptors (Lipinski definition) is 6. The molecule has 22 heavy (non-hydrogen) atoms. The summed E-state index contributed by atoms with van der Waals surface area (Å²) in [5, 5.41) is 19.3. The lowest BCUT2D eigenvalue weighted by Gasteiger charge is -2.30. The molecule has 7 heteroatoms. The van der Waals surface area contributed by atoms with Crippen LogP contribution in [0.2, 0.25) is 0 Å². The molecule has 1 amide bonds. The Balaban J connectivity index is 1.55. The number of hydrogen-bond donors (Lipinski definition) is 4. The van der Waals surface area contributed by atoms with Crippen molar-refractivity contribution in [1.29, 1.82) is 0 Å². The summed E-state index contributed by atoms with van der Waals surface area (Å²) in [6.45, 7) is 0.869. The van der Waals surface area contributed by atoms with Crippen LogP contribution in [-0.4, -0.2) is 66.8 Å². The first-order valence-electron chi connectivity index (χ1n) is 8.10. The van der Waals surface area contributed by atoms with Gasteiger partial charge in [0.2, 0.25) is 12.3 Å². The number of methoxy groups -OCH3 is 1. The average Bonchev–Trinajstić information content (AvgIpc) is 3.17. The van der Waals surface area contributed by atoms with E-state index in [9.17, 15) is 9.90 Å². The zero-order chi connectivity index (χ0) is 15.5. The summed E-state index contributed by atoms with van der Waals surface area (Å²) in [5.41, 5.74) is 0. The molecule has 0 unspecified atom stereocenters. The average molecular weight is 310 g/mol. The summed E-state index contributed by atoms with van der Waals surface area (Å²) < 4.78 is 4.70. The number of carbonyl (C=O) groups is 1. The second kappa shape index (κ2) is 7.06. The van der Waals surface area contributed by atoms with Crippen molar-refractivity contribution < 1.29 is 14.6 Å². The summed E-state index contributed by atoms with van der Waals surface area (Å²) in [6.07, 6.45) is 7.66. The molecule has 1 aliphatic carbocycles. The Bertz CT molecular complexity index is 415. The van der Waals surface area contributed by atoms with E-state index in [-0.39, 0.29) is 24.7 Å². The third-order valence-corrected chi connectivity index (χ3v) is 4.88. The fourth-order valence-corrected chi connectivity index (χ4v) is 3.72. The number of amides is 1. The molecule has 2 fully saturated rings. The first-order valence-corrected chi connectivity index (χ1v) is 8.10. The van der Waals surface area contributed by atoms with Crippen LogP contribution in [0, 0.1) is 0 Å². The minimum Gasteiger partial charge on any atom is -0.356 e. The zero-order valence-electron chi connectivity index (χ0n) is 13.0. The van der Waals surface area contributed by atoms with Gasteiger partial charge in [0.25, 0.3) is 0 Å². The third-order valence-electron chi connectivity index (χ3n) is 4.88. The predicted molar refractivity (Wildman–Crippen MR) is 81.8 cm³/mol. The van der Waals surface area contributed by atoms with Gasteiger partial charge < -0.3 is 14.7 Å². The van der Waals surface area contributed by atoms with Crippen molar-refractivity contribution in [3.8, 4) is 0 Å². The van der Waals surface area contributed by atoms with Gasteiger partial charge >= 0.3 is 0 Å². The van der Waals surface area contributed by atoms with E-state index in [2.05, 4.69) is 28.1 Å². The molecule has 2 aliphatic heterocycles. The van der Waals surface area contributed by atoms with Gasteiger partial charge in [0.1, 0.15) is 0 Å². The number of carbonyl (C=O) groups excluding carboxylic acids is 1. The van der Waals surface area contributed by atoms with Crippen molar-refractivity contribution in [2.24, 2.45) is 0 Å². The monoisotopic (exact) mass is 310 g/mol. The number of nitrogens with zero attached hydrogens (tertiary/aromatic N) is 1. The van der Waals surface area contributed by atoms with Gasteiger partial charge in [0, 0.05) is 25.7 Å². The van der Waals surface area contributed by atoms with Crippen molar-refractivity contribution in [2.45, 2.75) is 56.4 Å². The molecule has 0 radical (unpaired) electrons. The van der Waals surface area contributed by atoms with E-state index in [1.54, 1.807) is 0 Å². The van der Waals surface area contributed by atoms with E-state index in [1.807, 2.05) is 4.90 Å². The molecular weight excluding hydrogens is 284 g/mol. The molecule has 2 heterocycles. The maximum absolute atomic E-state index is 12.4. The number of aliphatic hydroxyl groups is 1. The Labute approximate surface area is 131 Å². The third kappa shape index (κ3) is 3.33. The summed E-state index contributed by atoms with van der Waals surface area (Å²) >= 11 is 0. The molecule has 2 saturated heterocycles. The van der Waals surface area contributed by atoms with Gasteiger partial charge in [-0.15, -0.1) is 0 Å². The van der Waals surface area contributed by atoms with E-state index < -0.39 is 6.41 Å². The van der Waals surface area contributed by atoms with Gasteiger partial charge in [-0.2, -0.15) is 0 Å². The van der Waals surface area contributed by atoms with Crippen molar-refractivity contribution in [1.82, 2.24) is 20.9 Å². The van der Waals surface area contributed by atoms with Crippen LogP contribution in [-0.2, 0) is 9.53 Å². The van der Waals surface area contributed by atoms with Gasteiger partial charge in [0.15, 0.2) is 0 Å². The quantitative estimate of drug-likeness (QED) is 0.389. The molecule has 5 atom stereocenters. The van der Waals surface area contributed by atoms with E-state index in [4.69, 9.17) is 4.74 Å². The largest absolute Gasteiger partial charge is 0.356 e. The van der Waals surface area contributed by atoms with Crippen LogP contribution >= 0.6 is 0 Å². The molecule has 0 aromatic rings. The Morgan fingerprint density at radius 3 is 2.73 bits per heavy atom. The lowest BCUT2D eigenvalue weighted by atomic mass is 9.98. The number of likely N-dealkylation sites (tertiary alicyclic amines) is 1. The van der Waals surface area contributed by atoms with Crippen LogP contribution in [0.25, 0.3) is 0 Å². The summed E-state index contributed by atoms with van der Waals surface area (Å²) in [6, 6.07) is 1.13. The van der Waals surface area contributed by atoms with Crippen molar-refractivity contribution in [2.75, 3.05) is 20.2 Å². The van der Waals surface area contributed by atoms with Crippen LogP contribution in [0.4, 0.5) is 0 Å². The second-order valence-corrected chi connectivity index (χ2v) is 6.23. The minimum absolute atomic E-state index is 0.00944. The number of rotatable bonds is 5. The maximum Gasteiger partial charge on any atom is 0.237 e. The molecule has 0 aromatic carbocycles.